The van der Waals surface area contributed by atoms with E-state index in [4.69, 9.17) is 45.4 Å². The Hall–Kier alpha value is -3.81. The number of oxime groups is 1. The third kappa shape index (κ3) is 7.85. The van der Waals surface area contributed by atoms with Gasteiger partial charge in [-0.3, -0.25) is 19.3 Å². The van der Waals surface area contributed by atoms with Crippen molar-refractivity contribution in [3.63, 3.8) is 0 Å². The van der Waals surface area contributed by atoms with Gasteiger partial charge in [-0.05, 0) is 13.0 Å². The molecule has 2 aromatic rings. The monoisotopic (exact) mass is 805 g/mol. The Kier molecular flexibility index (Phi) is 11.6. The van der Waals surface area contributed by atoms with E-state index in [2.05, 4.69) is 15.5 Å². The van der Waals surface area contributed by atoms with E-state index < -0.39 is 70.6 Å². The van der Waals surface area contributed by atoms with Crippen molar-refractivity contribution < 1.29 is 53.7 Å². The number of halogens is 3. The second-order valence-electron chi connectivity index (χ2n) is 12.2. The zero-order chi connectivity index (χ0) is 37.4. The molecule has 3 aliphatic heterocycles. The molecule has 3 aliphatic rings. The lowest BCUT2D eigenvalue weighted by atomic mass is 9.89. The number of likely N-dealkylation sites (tertiary alicyclic amines) is 1. The highest BCUT2D eigenvalue weighted by Gasteiger charge is 2.55. The average Bonchev–Trinajstić information content (AvgIpc) is 3.68. The van der Waals surface area contributed by atoms with Crippen molar-refractivity contribution >= 4 is 98.3 Å². The first kappa shape index (κ1) is 38.4. The molecular weight excluding hydrogens is 775 g/mol. The molecule has 1 aromatic carbocycles. The minimum atomic E-state index is -1.41. The second kappa shape index (κ2) is 15.4. The molecule has 3 atom stereocenters. The molecule has 0 spiro atoms. The number of amides is 2. The van der Waals surface area contributed by atoms with Gasteiger partial charge in [0.25, 0.3) is 5.91 Å². The van der Waals surface area contributed by atoms with Crippen molar-refractivity contribution in [1.29, 1.82) is 0 Å². The fourth-order valence-corrected chi connectivity index (χ4v) is 9.00. The van der Waals surface area contributed by atoms with E-state index in [9.17, 15) is 44.4 Å². The lowest BCUT2D eigenvalue weighted by Crippen LogP contribution is -2.63. The molecule has 0 aliphatic carbocycles. The molecule has 7 N–H and O–H groups in total. The SMILES string of the molecule is C[C@H](O/N=C(\C(=O)C[C@@H]1C(=O)N2C(C(=O)O)=C(C[N+]3(CCNC(=O)c4cc(Cl)c(O)c(O)c4Cl)CCCC3)CS[C@H]12)c1nc(N)sc1Cl)C(=O)O. The van der Waals surface area contributed by atoms with E-state index in [0.29, 0.717) is 36.2 Å². The summed E-state index contributed by atoms with van der Waals surface area (Å²) in [5, 5.41) is 44.4. The number of thioether (sulfide) groups is 1. The Balaban J connectivity index is 1.30. The maximum atomic E-state index is 13.5. The number of nitrogens with two attached hydrogens (primary N) is 1. The first-order valence-corrected chi connectivity index (χ1v) is 18.4. The van der Waals surface area contributed by atoms with E-state index in [-0.39, 0.29) is 48.8 Å². The first-order valence-electron chi connectivity index (χ1n) is 15.4. The minimum Gasteiger partial charge on any atom is -0.503 e. The van der Waals surface area contributed by atoms with Gasteiger partial charge in [-0.25, -0.2) is 14.6 Å². The molecular formula is C30H32Cl3N6O10S2+. The van der Waals surface area contributed by atoms with Gasteiger partial charge in [0.1, 0.15) is 22.3 Å². The smallest absolute Gasteiger partial charge is 0.352 e. The Bertz CT molecular complexity index is 1870. The zero-order valence-electron chi connectivity index (χ0n) is 26.7. The number of rotatable bonds is 14. The van der Waals surface area contributed by atoms with Crippen LogP contribution >= 0.6 is 57.9 Å². The van der Waals surface area contributed by atoms with Crippen LogP contribution in [0.2, 0.25) is 14.4 Å². The fourth-order valence-electron chi connectivity index (χ4n) is 6.24. The van der Waals surface area contributed by atoms with Gasteiger partial charge in [0.2, 0.25) is 12.0 Å². The highest BCUT2D eigenvalue weighted by atomic mass is 35.5. The molecule has 2 amide bonds. The van der Waals surface area contributed by atoms with Crippen LogP contribution in [-0.2, 0) is 24.0 Å². The number of carboxylic acid groups (broad SMARTS) is 2. The number of nitrogens with zero attached hydrogens (tertiary/aromatic N) is 4. The molecule has 2 saturated heterocycles. The summed E-state index contributed by atoms with van der Waals surface area (Å²) in [7, 11) is 0. The van der Waals surface area contributed by atoms with Crippen LogP contribution in [0.1, 0.15) is 42.2 Å². The normalized spacial score (nSPS) is 20.4. The first-order chi connectivity index (χ1) is 24.0. The van der Waals surface area contributed by atoms with E-state index in [1.54, 1.807) is 0 Å². The molecule has 0 radical (unpaired) electrons. The second-order valence-corrected chi connectivity index (χ2v) is 15.7. The van der Waals surface area contributed by atoms with Crippen LogP contribution < -0.4 is 11.1 Å². The van der Waals surface area contributed by atoms with Crippen LogP contribution in [-0.4, -0.2) is 120 Å². The average molecular weight is 807 g/mol. The number of aromatic hydroxyl groups is 2. The maximum absolute atomic E-state index is 13.5. The van der Waals surface area contributed by atoms with Crippen LogP contribution in [0.15, 0.2) is 22.5 Å². The Morgan fingerprint density at radius 3 is 2.47 bits per heavy atom. The number of nitrogens with one attached hydrogen (secondary N) is 1. The summed E-state index contributed by atoms with van der Waals surface area (Å²) in [6, 6.07) is 1.14. The van der Waals surface area contributed by atoms with Gasteiger partial charge >= 0.3 is 11.9 Å². The van der Waals surface area contributed by atoms with Crippen LogP contribution in [0.3, 0.4) is 0 Å². The standard InChI is InChI=1S/C30H31Cl3N6O10S2/c1-12(28(45)46)49-37-19(20-24(33)51-30(34)36-20)17(40)9-15-26(44)38-21(29(47)48)13(11-50-27(15)38)10-39(5-2-3-6-39)7-4-35-25(43)14-8-16(31)22(41)23(42)18(14)32/h8,12,15,27H,2-7,9-11H2,1H3,(H6-,34,35,36,37,40,41,42,43,45,46,47,48)/p+1/t12-,15+,27+/m0/s1. The third-order valence-electron chi connectivity index (χ3n) is 8.83. The van der Waals surface area contributed by atoms with Gasteiger partial charge in [-0.2, -0.15) is 0 Å². The van der Waals surface area contributed by atoms with Crippen LogP contribution in [0, 0.1) is 5.92 Å². The van der Waals surface area contributed by atoms with Crippen molar-refractivity contribution in [3.8, 4) is 11.5 Å². The number of β-lactam (4-membered cyclic amide) rings is 1. The summed E-state index contributed by atoms with van der Waals surface area (Å²) in [5.41, 5.74) is 5.45. The van der Waals surface area contributed by atoms with E-state index in [1.807, 2.05) is 0 Å². The number of ketones is 1. The van der Waals surface area contributed by atoms with Crippen LogP contribution in [0.25, 0.3) is 0 Å². The number of carbonyl (C=O) groups is 5. The minimum absolute atomic E-state index is 0.00639. The number of hydrogen-bond donors (Lipinski definition) is 6. The molecule has 16 nitrogen and oxygen atoms in total. The number of nitrogen functional groups attached to an aromatic ring is 1. The summed E-state index contributed by atoms with van der Waals surface area (Å²) < 4.78 is 0.454. The molecule has 4 heterocycles. The van der Waals surface area contributed by atoms with Gasteiger partial charge in [0, 0.05) is 30.6 Å². The number of Topliss-reactive ketones (excluding diaryl/α,β-unsaturated/α-hetero) is 1. The molecule has 51 heavy (non-hydrogen) atoms. The zero-order valence-corrected chi connectivity index (χ0v) is 30.6. The van der Waals surface area contributed by atoms with Crippen LogP contribution in [0.5, 0.6) is 11.5 Å². The highest BCUT2D eigenvalue weighted by molar-refractivity contribution is 8.00. The lowest BCUT2D eigenvalue weighted by Gasteiger charge is -2.50. The highest BCUT2D eigenvalue weighted by Crippen LogP contribution is 2.46. The molecule has 2 fully saturated rings. The molecule has 21 heteroatoms. The number of quaternary nitrogens is 1. The molecule has 1 aromatic heterocycles. The van der Waals surface area contributed by atoms with Crippen LogP contribution in [0.4, 0.5) is 5.13 Å². The van der Waals surface area contributed by atoms with E-state index in [0.717, 1.165) is 30.2 Å². The van der Waals surface area contributed by atoms with Crippen molar-refractivity contribution in [2.45, 2.75) is 37.7 Å². The molecule has 0 bridgehead atoms. The van der Waals surface area contributed by atoms with Gasteiger partial charge in [-0.1, -0.05) is 51.3 Å². The largest absolute Gasteiger partial charge is 0.503 e. The number of benzene rings is 1. The summed E-state index contributed by atoms with van der Waals surface area (Å²) in [6.07, 6.45) is -0.0801. The van der Waals surface area contributed by atoms with Crippen molar-refractivity contribution in [2.24, 2.45) is 11.1 Å². The molecule has 0 unspecified atom stereocenters. The van der Waals surface area contributed by atoms with Crippen molar-refractivity contribution in [3.05, 3.63) is 43.0 Å². The number of hydrogen-bond acceptors (Lipinski definition) is 13. The molecule has 0 saturated carbocycles. The third-order valence-corrected chi connectivity index (χ3v) is 12.0. The number of carbonyl (C=O) groups excluding carboxylic acids is 3. The topological polar surface area (TPSA) is 242 Å². The van der Waals surface area contributed by atoms with E-state index >= 15 is 0 Å². The number of fused-ring (bicyclic) bond motifs is 1. The number of anilines is 1. The van der Waals surface area contributed by atoms with Gasteiger partial charge in [-0.15, -0.1) is 11.8 Å². The summed E-state index contributed by atoms with van der Waals surface area (Å²) in [6.45, 7) is 3.50. The van der Waals surface area contributed by atoms with Gasteiger partial charge in [0.05, 0.1) is 53.1 Å². The Labute approximate surface area is 313 Å². The lowest BCUT2D eigenvalue weighted by molar-refractivity contribution is -0.911. The Morgan fingerprint density at radius 1 is 1.18 bits per heavy atom. The number of aromatic nitrogens is 1. The summed E-state index contributed by atoms with van der Waals surface area (Å²) in [4.78, 5) is 74.0. The number of phenolic OH excluding ortho intramolecular Hbond substituents is 2. The molecule has 5 rings (SSSR count). The number of aliphatic carboxylic acids is 2. The summed E-state index contributed by atoms with van der Waals surface area (Å²) in [5.74, 6) is -6.56. The predicted molar refractivity (Wildman–Crippen MR) is 188 cm³/mol. The van der Waals surface area contributed by atoms with Gasteiger partial charge in [0.15, 0.2) is 28.1 Å². The van der Waals surface area contributed by atoms with Gasteiger partial charge < -0.3 is 40.8 Å². The van der Waals surface area contributed by atoms with E-state index in [1.165, 1.54) is 23.6 Å². The quantitative estimate of drug-likeness (QED) is 0.0529. The Morgan fingerprint density at radius 2 is 1.86 bits per heavy atom. The number of phenols is 2. The number of carboxylic acids is 2. The number of thiazole rings is 1. The maximum Gasteiger partial charge on any atom is 0.352 e. The van der Waals surface area contributed by atoms with Crippen molar-refractivity contribution in [1.82, 2.24) is 15.2 Å². The van der Waals surface area contributed by atoms with Crippen molar-refractivity contribution in [2.75, 3.05) is 44.2 Å². The summed E-state index contributed by atoms with van der Waals surface area (Å²) >= 11 is 20.3. The molecule has 274 valence electrons. The predicted octanol–water partition coefficient (Wildman–Crippen LogP) is 3.16. The fraction of sp³-hybridized carbons (Fsp3) is 0.433.